The Hall–Kier alpha value is -0.980. The monoisotopic (exact) mass is 283 g/mol. The van der Waals surface area contributed by atoms with Gasteiger partial charge in [0.2, 0.25) is 5.91 Å². The fourth-order valence-electron chi connectivity index (χ4n) is 2.12. The van der Waals surface area contributed by atoms with Gasteiger partial charge in [0.15, 0.2) is 5.13 Å². The van der Waals surface area contributed by atoms with Crippen LogP contribution in [-0.2, 0) is 9.53 Å². The third-order valence-corrected chi connectivity index (χ3v) is 4.07. The number of amides is 1. The molecule has 19 heavy (non-hydrogen) atoms. The van der Waals surface area contributed by atoms with E-state index in [0.717, 1.165) is 25.1 Å². The van der Waals surface area contributed by atoms with E-state index in [9.17, 15) is 4.79 Å². The normalized spacial score (nSPS) is 18.2. The molecule has 106 valence electrons. The minimum absolute atomic E-state index is 0.0623. The SMILES string of the molecule is CCNC(C)c1csc(NC(=O)C2CCOCC2)n1. The molecule has 1 aliphatic heterocycles. The van der Waals surface area contributed by atoms with Crippen molar-refractivity contribution in [2.24, 2.45) is 5.92 Å². The number of carbonyl (C=O) groups is 1. The van der Waals surface area contributed by atoms with Crippen LogP contribution in [0.4, 0.5) is 5.13 Å². The van der Waals surface area contributed by atoms with Crippen LogP contribution >= 0.6 is 11.3 Å². The number of hydrogen-bond acceptors (Lipinski definition) is 5. The maximum absolute atomic E-state index is 12.1. The Labute approximate surface area is 117 Å². The van der Waals surface area contributed by atoms with Gasteiger partial charge in [0, 0.05) is 30.6 Å². The summed E-state index contributed by atoms with van der Waals surface area (Å²) in [5.41, 5.74) is 0.981. The van der Waals surface area contributed by atoms with Gasteiger partial charge in [0.05, 0.1) is 5.69 Å². The lowest BCUT2D eigenvalue weighted by molar-refractivity contribution is -0.122. The van der Waals surface area contributed by atoms with Crippen molar-refractivity contribution in [1.82, 2.24) is 10.3 Å². The number of hydrogen-bond donors (Lipinski definition) is 2. The Morgan fingerprint density at radius 2 is 2.32 bits per heavy atom. The van der Waals surface area contributed by atoms with E-state index in [0.29, 0.717) is 18.3 Å². The van der Waals surface area contributed by atoms with Gasteiger partial charge in [-0.05, 0) is 26.3 Å². The first-order chi connectivity index (χ1) is 9.20. The van der Waals surface area contributed by atoms with E-state index >= 15 is 0 Å². The van der Waals surface area contributed by atoms with Crippen LogP contribution in [0.25, 0.3) is 0 Å². The van der Waals surface area contributed by atoms with E-state index in [4.69, 9.17) is 4.74 Å². The van der Waals surface area contributed by atoms with Gasteiger partial charge in [0.25, 0.3) is 0 Å². The molecule has 1 aliphatic rings. The lowest BCUT2D eigenvalue weighted by Crippen LogP contribution is -2.28. The molecule has 1 atom stereocenters. The molecule has 1 fully saturated rings. The average Bonchev–Trinajstić information content (AvgIpc) is 2.88. The number of nitrogens with zero attached hydrogens (tertiary/aromatic N) is 1. The standard InChI is InChI=1S/C13H21N3O2S/c1-3-14-9(2)11-8-19-13(15-11)16-12(17)10-4-6-18-7-5-10/h8-10,14H,3-7H2,1-2H3,(H,15,16,17). The summed E-state index contributed by atoms with van der Waals surface area (Å²) in [6.07, 6.45) is 1.61. The number of rotatable bonds is 5. The summed E-state index contributed by atoms with van der Waals surface area (Å²) in [4.78, 5) is 16.5. The molecule has 1 aromatic heterocycles. The van der Waals surface area contributed by atoms with E-state index < -0.39 is 0 Å². The zero-order valence-electron chi connectivity index (χ0n) is 11.4. The summed E-state index contributed by atoms with van der Waals surface area (Å²) in [5.74, 6) is 0.132. The molecule has 0 aliphatic carbocycles. The van der Waals surface area contributed by atoms with Crippen molar-refractivity contribution in [1.29, 1.82) is 0 Å². The van der Waals surface area contributed by atoms with Gasteiger partial charge in [0.1, 0.15) is 0 Å². The van der Waals surface area contributed by atoms with Crippen LogP contribution in [0.3, 0.4) is 0 Å². The van der Waals surface area contributed by atoms with Gasteiger partial charge in [-0.15, -0.1) is 11.3 Å². The first-order valence-electron chi connectivity index (χ1n) is 6.78. The lowest BCUT2D eigenvalue weighted by atomic mass is 10.00. The van der Waals surface area contributed by atoms with Gasteiger partial charge >= 0.3 is 0 Å². The Morgan fingerprint density at radius 1 is 1.58 bits per heavy atom. The van der Waals surface area contributed by atoms with Crippen LogP contribution in [-0.4, -0.2) is 30.6 Å². The van der Waals surface area contributed by atoms with E-state index in [1.54, 1.807) is 0 Å². The zero-order chi connectivity index (χ0) is 13.7. The molecule has 1 aromatic rings. The highest BCUT2D eigenvalue weighted by molar-refractivity contribution is 7.13. The maximum Gasteiger partial charge on any atom is 0.229 e. The van der Waals surface area contributed by atoms with Crippen molar-refractivity contribution in [3.8, 4) is 0 Å². The van der Waals surface area contributed by atoms with Gasteiger partial charge in [-0.1, -0.05) is 6.92 Å². The van der Waals surface area contributed by atoms with Gasteiger partial charge in [-0.25, -0.2) is 4.98 Å². The van der Waals surface area contributed by atoms with Gasteiger partial charge in [-0.3, -0.25) is 4.79 Å². The zero-order valence-corrected chi connectivity index (χ0v) is 12.3. The number of carbonyl (C=O) groups excluding carboxylic acids is 1. The van der Waals surface area contributed by atoms with E-state index in [-0.39, 0.29) is 17.9 Å². The minimum Gasteiger partial charge on any atom is -0.381 e. The highest BCUT2D eigenvalue weighted by Gasteiger charge is 2.22. The molecule has 1 unspecified atom stereocenters. The fraction of sp³-hybridized carbons (Fsp3) is 0.692. The number of anilines is 1. The molecule has 2 rings (SSSR count). The number of ether oxygens (including phenoxy) is 1. The Balaban J connectivity index is 1.90. The summed E-state index contributed by atoms with van der Waals surface area (Å²) in [7, 11) is 0. The number of thiazole rings is 1. The topological polar surface area (TPSA) is 63.2 Å². The molecule has 1 amide bonds. The van der Waals surface area contributed by atoms with Crippen LogP contribution < -0.4 is 10.6 Å². The molecular weight excluding hydrogens is 262 g/mol. The summed E-state index contributed by atoms with van der Waals surface area (Å²) in [5, 5.41) is 8.90. The van der Waals surface area contributed by atoms with Crippen LogP contribution in [0.15, 0.2) is 5.38 Å². The molecule has 0 aromatic carbocycles. The summed E-state index contributed by atoms with van der Waals surface area (Å²) < 4.78 is 5.26. The second kappa shape index (κ2) is 6.98. The molecule has 5 nitrogen and oxygen atoms in total. The maximum atomic E-state index is 12.1. The highest BCUT2D eigenvalue weighted by atomic mass is 32.1. The van der Waals surface area contributed by atoms with E-state index in [1.807, 2.05) is 5.38 Å². The molecule has 6 heteroatoms. The number of aromatic nitrogens is 1. The van der Waals surface area contributed by atoms with Crippen molar-refractivity contribution in [2.75, 3.05) is 25.1 Å². The molecule has 1 saturated heterocycles. The second-order valence-corrected chi connectivity index (χ2v) is 5.59. The Morgan fingerprint density at radius 3 is 3.00 bits per heavy atom. The predicted octanol–water partition coefficient (Wildman–Crippen LogP) is 2.18. The van der Waals surface area contributed by atoms with Gasteiger partial charge in [-0.2, -0.15) is 0 Å². The van der Waals surface area contributed by atoms with Crippen LogP contribution in [0.1, 0.15) is 38.4 Å². The van der Waals surface area contributed by atoms with Crippen molar-refractivity contribution in [2.45, 2.75) is 32.7 Å². The molecule has 0 radical (unpaired) electrons. The quantitative estimate of drug-likeness (QED) is 0.869. The molecular formula is C13H21N3O2S. The Kier molecular flexibility index (Phi) is 5.30. The van der Waals surface area contributed by atoms with Crippen molar-refractivity contribution >= 4 is 22.4 Å². The van der Waals surface area contributed by atoms with Gasteiger partial charge < -0.3 is 15.4 Å². The van der Waals surface area contributed by atoms with Crippen LogP contribution in [0.2, 0.25) is 0 Å². The summed E-state index contributed by atoms with van der Waals surface area (Å²) in [6, 6.07) is 0.218. The Bertz CT molecular complexity index is 416. The fourth-order valence-corrected chi connectivity index (χ4v) is 2.93. The first kappa shape index (κ1) is 14.4. The molecule has 0 spiro atoms. The van der Waals surface area contributed by atoms with Crippen LogP contribution in [0, 0.1) is 5.92 Å². The average molecular weight is 283 g/mol. The smallest absolute Gasteiger partial charge is 0.229 e. The molecule has 0 bridgehead atoms. The van der Waals surface area contributed by atoms with Crippen LogP contribution in [0.5, 0.6) is 0 Å². The van der Waals surface area contributed by atoms with Crippen molar-refractivity contribution in [3.63, 3.8) is 0 Å². The minimum atomic E-state index is 0.0623. The van der Waals surface area contributed by atoms with E-state index in [1.165, 1.54) is 11.3 Å². The predicted molar refractivity (Wildman–Crippen MR) is 76.4 cm³/mol. The summed E-state index contributed by atoms with van der Waals surface area (Å²) in [6.45, 7) is 6.40. The van der Waals surface area contributed by atoms with E-state index in [2.05, 4.69) is 29.5 Å². The molecule has 2 N–H and O–H groups in total. The van der Waals surface area contributed by atoms with Crippen molar-refractivity contribution < 1.29 is 9.53 Å². The number of nitrogens with one attached hydrogen (secondary N) is 2. The molecule has 2 heterocycles. The largest absolute Gasteiger partial charge is 0.381 e. The molecule has 0 saturated carbocycles. The third-order valence-electron chi connectivity index (χ3n) is 3.30. The van der Waals surface area contributed by atoms with Crippen molar-refractivity contribution in [3.05, 3.63) is 11.1 Å². The highest BCUT2D eigenvalue weighted by Crippen LogP contribution is 2.22. The second-order valence-electron chi connectivity index (χ2n) is 4.73. The first-order valence-corrected chi connectivity index (χ1v) is 7.66. The third kappa shape index (κ3) is 3.99. The summed E-state index contributed by atoms with van der Waals surface area (Å²) >= 11 is 1.48. The lowest BCUT2D eigenvalue weighted by Gasteiger charge is -2.20.